The Balaban J connectivity index is 2.20. The Morgan fingerprint density at radius 2 is 1.79 bits per heavy atom. The Morgan fingerprint density at radius 1 is 1.15 bits per heavy atom. The van der Waals surface area contributed by atoms with Crippen LogP contribution in [-0.2, 0) is 0 Å². The largest absolute Gasteiger partial charge is 0.370 e. The standard InChI is InChI=1S/C31H47F2N/c1-9-26(18-23(6)12-13-24(7)22(4)5)19-30-25(8)29(28(10-2)11-3)21-34(30)20-27-14-16-31(32,33)17-15-27/h9-11,19,23,27,29H,2,8,12-18,20-21H2,1,3-7H3/b26-9-,28-11+,30-19+. The molecule has 2 unspecified atom stereocenters. The van der Waals surface area contributed by atoms with Crippen LogP contribution < -0.4 is 0 Å². The minimum absolute atomic E-state index is 0.0183. The zero-order valence-corrected chi connectivity index (χ0v) is 22.5. The fraction of sp³-hybridized carbons (Fsp3) is 0.613. The van der Waals surface area contributed by atoms with Crippen molar-refractivity contribution in [3.05, 3.63) is 71.0 Å². The molecule has 2 atom stereocenters. The maximum Gasteiger partial charge on any atom is 0.248 e. The summed E-state index contributed by atoms with van der Waals surface area (Å²) < 4.78 is 27.4. The molecular weight excluding hydrogens is 424 g/mol. The molecule has 0 aromatic heterocycles. The Kier molecular flexibility index (Phi) is 10.6. The second-order valence-electron chi connectivity index (χ2n) is 10.8. The Morgan fingerprint density at radius 3 is 2.32 bits per heavy atom. The molecule has 0 amide bonds. The SMILES string of the molecule is C=C/C(=C\C)C1CN(CC2CCC(F)(F)CC2)/C(=C/C(=C\C)CC(C)CCC(C)=C(C)C)C1=C. The smallest absolute Gasteiger partial charge is 0.248 e. The van der Waals surface area contributed by atoms with E-state index < -0.39 is 5.92 Å². The van der Waals surface area contributed by atoms with Crippen molar-refractivity contribution in [2.24, 2.45) is 17.8 Å². The zero-order chi connectivity index (χ0) is 25.5. The molecule has 1 saturated heterocycles. The third-order valence-corrected chi connectivity index (χ3v) is 7.92. The molecule has 0 aromatic carbocycles. The van der Waals surface area contributed by atoms with Gasteiger partial charge in [0.15, 0.2) is 0 Å². The van der Waals surface area contributed by atoms with Crippen LogP contribution in [0.4, 0.5) is 8.78 Å². The van der Waals surface area contributed by atoms with Gasteiger partial charge in [0.2, 0.25) is 5.92 Å². The molecule has 0 N–H and O–H groups in total. The second kappa shape index (κ2) is 12.7. The molecule has 190 valence electrons. The highest BCUT2D eigenvalue weighted by atomic mass is 19.3. The summed E-state index contributed by atoms with van der Waals surface area (Å²) in [5, 5.41) is 0. The van der Waals surface area contributed by atoms with Crippen molar-refractivity contribution in [3.8, 4) is 0 Å². The van der Waals surface area contributed by atoms with Gasteiger partial charge in [-0.1, -0.05) is 49.5 Å². The summed E-state index contributed by atoms with van der Waals surface area (Å²) in [4.78, 5) is 2.41. The van der Waals surface area contributed by atoms with Crippen LogP contribution in [0.25, 0.3) is 0 Å². The maximum atomic E-state index is 13.7. The lowest BCUT2D eigenvalue weighted by Crippen LogP contribution is -2.32. The number of likely N-dealkylation sites (tertiary alicyclic amines) is 1. The molecule has 1 saturated carbocycles. The lowest BCUT2D eigenvalue weighted by Gasteiger charge is -2.32. The number of rotatable bonds is 10. The Bertz CT molecular complexity index is 841. The van der Waals surface area contributed by atoms with Crippen molar-refractivity contribution in [2.45, 2.75) is 92.4 Å². The molecule has 2 aliphatic rings. The third-order valence-electron chi connectivity index (χ3n) is 7.92. The molecule has 3 heteroatoms. The minimum Gasteiger partial charge on any atom is -0.370 e. The van der Waals surface area contributed by atoms with Gasteiger partial charge in [-0.2, -0.15) is 0 Å². The number of hydrogen-bond acceptors (Lipinski definition) is 1. The van der Waals surface area contributed by atoms with Gasteiger partial charge in [0.05, 0.1) is 0 Å². The van der Waals surface area contributed by atoms with E-state index in [1.165, 1.54) is 34.4 Å². The molecule has 0 radical (unpaired) electrons. The van der Waals surface area contributed by atoms with Crippen molar-refractivity contribution in [2.75, 3.05) is 13.1 Å². The lowest BCUT2D eigenvalue weighted by atomic mass is 9.86. The van der Waals surface area contributed by atoms with Gasteiger partial charge in [0.1, 0.15) is 0 Å². The van der Waals surface area contributed by atoms with Crippen molar-refractivity contribution < 1.29 is 8.78 Å². The van der Waals surface area contributed by atoms with E-state index >= 15 is 0 Å². The fourth-order valence-corrected chi connectivity index (χ4v) is 5.18. The van der Waals surface area contributed by atoms with Crippen LogP contribution in [0, 0.1) is 17.8 Å². The van der Waals surface area contributed by atoms with Crippen LogP contribution in [-0.4, -0.2) is 23.9 Å². The first-order chi connectivity index (χ1) is 16.0. The molecule has 1 aliphatic heterocycles. The fourth-order valence-electron chi connectivity index (χ4n) is 5.18. The lowest BCUT2D eigenvalue weighted by molar-refractivity contribution is -0.0477. The van der Waals surface area contributed by atoms with E-state index in [4.69, 9.17) is 0 Å². The predicted molar refractivity (Wildman–Crippen MR) is 144 cm³/mol. The highest BCUT2D eigenvalue weighted by molar-refractivity contribution is 5.46. The average Bonchev–Trinajstić information content (AvgIpc) is 3.08. The first-order valence-electron chi connectivity index (χ1n) is 13.1. The van der Waals surface area contributed by atoms with E-state index in [1.807, 2.05) is 13.0 Å². The summed E-state index contributed by atoms with van der Waals surface area (Å²) in [6.45, 7) is 23.3. The summed E-state index contributed by atoms with van der Waals surface area (Å²) in [7, 11) is 0. The summed E-state index contributed by atoms with van der Waals surface area (Å²) in [6, 6.07) is 0. The van der Waals surface area contributed by atoms with Gasteiger partial charge in [-0.05, 0) is 101 Å². The molecule has 2 fully saturated rings. The first kappa shape index (κ1) is 28.3. The molecule has 0 aromatic rings. The molecule has 1 heterocycles. The van der Waals surface area contributed by atoms with Gasteiger partial charge >= 0.3 is 0 Å². The van der Waals surface area contributed by atoms with Crippen molar-refractivity contribution in [1.29, 1.82) is 0 Å². The quantitative estimate of drug-likeness (QED) is 0.226. The highest BCUT2D eigenvalue weighted by Crippen LogP contribution is 2.41. The van der Waals surface area contributed by atoms with Gasteiger partial charge in [-0.3, -0.25) is 0 Å². The molecule has 1 aliphatic carbocycles. The van der Waals surface area contributed by atoms with Gasteiger partial charge < -0.3 is 4.90 Å². The van der Waals surface area contributed by atoms with Gasteiger partial charge in [0.25, 0.3) is 0 Å². The van der Waals surface area contributed by atoms with Gasteiger partial charge in [0, 0.05) is 37.5 Å². The topological polar surface area (TPSA) is 3.24 Å². The number of allylic oxidation sites excluding steroid dienone is 8. The average molecular weight is 472 g/mol. The van der Waals surface area contributed by atoms with Crippen molar-refractivity contribution in [1.82, 2.24) is 4.90 Å². The zero-order valence-electron chi connectivity index (χ0n) is 22.5. The number of nitrogens with zero attached hydrogens (tertiary/aromatic N) is 1. The Labute approximate surface area is 208 Å². The number of halogens is 2. The molecule has 0 spiro atoms. The van der Waals surface area contributed by atoms with E-state index in [-0.39, 0.29) is 18.8 Å². The van der Waals surface area contributed by atoms with Crippen LogP contribution in [0.3, 0.4) is 0 Å². The molecule has 1 nitrogen and oxygen atoms in total. The third kappa shape index (κ3) is 7.82. The normalized spacial score (nSPS) is 24.0. The van der Waals surface area contributed by atoms with Crippen molar-refractivity contribution >= 4 is 0 Å². The van der Waals surface area contributed by atoms with E-state index in [0.29, 0.717) is 24.7 Å². The number of alkyl halides is 2. The van der Waals surface area contributed by atoms with Crippen LogP contribution in [0.5, 0.6) is 0 Å². The van der Waals surface area contributed by atoms with E-state index in [1.54, 1.807) is 0 Å². The maximum absolute atomic E-state index is 13.7. The van der Waals surface area contributed by atoms with Gasteiger partial charge in [-0.15, -0.1) is 0 Å². The highest BCUT2D eigenvalue weighted by Gasteiger charge is 2.38. The van der Waals surface area contributed by atoms with E-state index in [0.717, 1.165) is 31.5 Å². The summed E-state index contributed by atoms with van der Waals surface area (Å²) in [5.41, 5.74) is 7.76. The van der Waals surface area contributed by atoms with Crippen LogP contribution in [0.2, 0.25) is 0 Å². The Hall–Kier alpha value is -1.90. The first-order valence-corrected chi connectivity index (χ1v) is 13.1. The second-order valence-corrected chi connectivity index (χ2v) is 10.8. The predicted octanol–water partition coefficient (Wildman–Crippen LogP) is 9.43. The minimum atomic E-state index is -2.48. The van der Waals surface area contributed by atoms with E-state index in [2.05, 4.69) is 70.9 Å². The monoisotopic (exact) mass is 471 g/mol. The molecule has 0 bridgehead atoms. The van der Waals surface area contributed by atoms with E-state index in [9.17, 15) is 8.78 Å². The summed E-state index contributed by atoms with van der Waals surface area (Å²) in [6.07, 6.45) is 13.2. The molecule has 34 heavy (non-hydrogen) atoms. The van der Waals surface area contributed by atoms with Gasteiger partial charge in [-0.25, -0.2) is 8.78 Å². The summed E-state index contributed by atoms with van der Waals surface area (Å²) >= 11 is 0. The van der Waals surface area contributed by atoms with Crippen LogP contribution in [0.15, 0.2) is 71.0 Å². The van der Waals surface area contributed by atoms with Crippen LogP contribution >= 0.6 is 0 Å². The molecular formula is C31H47F2N. The molecule has 2 rings (SSSR count). The summed E-state index contributed by atoms with van der Waals surface area (Å²) in [5.74, 6) is -1.36. The van der Waals surface area contributed by atoms with Crippen molar-refractivity contribution in [3.63, 3.8) is 0 Å². The number of hydrogen-bond donors (Lipinski definition) is 0. The van der Waals surface area contributed by atoms with Crippen LogP contribution in [0.1, 0.15) is 86.5 Å².